The molecule has 10 heavy (non-hydrogen) atoms. The first-order valence-corrected chi connectivity index (χ1v) is 2.93. The van der Waals surface area contributed by atoms with Crippen LogP contribution in [0.5, 0.6) is 0 Å². The van der Waals surface area contributed by atoms with E-state index in [2.05, 4.69) is 17.6 Å². The molecule has 4 heteroatoms. The fraction of sp³-hybridized carbons (Fsp3) is 0. The number of rotatable bonds is 0. The average Bonchev–Trinajstić information content (AvgIpc) is 1.88. The first kappa shape index (κ1) is 7.03. The van der Waals surface area contributed by atoms with Gasteiger partial charge in [-0.15, -0.1) is 12.6 Å². The molecule has 50 valence electrons. The van der Waals surface area contributed by atoms with Gasteiger partial charge in [0.1, 0.15) is 11.9 Å². The Morgan fingerprint density at radius 2 is 2.40 bits per heavy atom. The number of hydrogen-bond donors (Lipinski definition) is 1. The van der Waals surface area contributed by atoms with Crippen molar-refractivity contribution in [3.63, 3.8) is 0 Å². The minimum Gasteiger partial charge on any atom is -0.241 e. The highest BCUT2D eigenvalue weighted by atomic mass is 32.1. The van der Waals surface area contributed by atoms with Crippen LogP contribution in [0.4, 0.5) is 4.39 Å². The Morgan fingerprint density at radius 3 is 2.90 bits per heavy atom. The molecule has 1 heterocycles. The lowest BCUT2D eigenvalue weighted by molar-refractivity contribution is 0.616. The number of nitriles is 1. The Morgan fingerprint density at radius 1 is 1.70 bits per heavy atom. The second-order valence-corrected chi connectivity index (χ2v) is 2.11. The molecule has 1 aromatic rings. The van der Waals surface area contributed by atoms with Crippen LogP contribution in [0.15, 0.2) is 17.2 Å². The van der Waals surface area contributed by atoms with Gasteiger partial charge < -0.3 is 0 Å². The van der Waals surface area contributed by atoms with Crippen molar-refractivity contribution in [3.8, 4) is 6.07 Å². The maximum atomic E-state index is 12.3. The molecule has 0 aliphatic carbocycles. The minimum absolute atomic E-state index is 0.143. The smallest absolute Gasteiger partial charge is 0.153 e. The van der Waals surface area contributed by atoms with Crippen molar-refractivity contribution in [2.45, 2.75) is 4.90 Å². The predicted molar refractivity (Wildman–Crippen MR) is 36.2 cm³/mol. The van der Waals surface area contributed by atoms with Crippen molar-refractivity contribution in [1.82, 2.24) is 4.98 Å². The molecule has 0 aliphatic heterocycles. The summed E-state index contributed by atoms with van der Waals surface area (Å²) in [6.45, 7) is 0. The molecule has 0 fully saturated rings. The Labute approximate surface area is 62.7 Å². The van der Waals surface area contributed by atoms with Crippen molar-refractivity contribution in [3.05, 3.63) is 23.8 Å². The van der Waals surface area contributed by atoms with Crippen LogP contribution in [0.1, 0.15) is 5.69 Å². The van der Waals surface area contributed by atoms with Gasteiger partial charge in [0.15, 0.2) is 5.69 Å². The number of pyridine rings is 1. The topological polar surface area (TPSA) is 36.7 Å². The highest BCUT2D eigenvalue weighted by Gasteiger charge is 1.98. The highest BCUT2D eigenvalue weighted by molar-refractivity contribution is 7.80. The van der Waals surface area contributed by atoms with E-state index in [1.807, 2.05) is 0 Å². The first-order chi connectivity index (χ1) is 4.74. The van der Waals surface area contributed by atoms with Gasteiger partial charge in [-0.2, -0.15) is 5.26 Å². The van der Waals surface area contributed by atoms with Crippen molar-refractivity contribution >= 4 is 12.6 Å². The van der Waals surface area contributed by atoms with Crippen LogP contribution in [0.3, 0.4) is 0 Å². The standard InChI is InChI=1S/C6H3FN2S/c7-4-1-6(10)5(2-8)9-3-4/h1,3,10H. The van der Waals surface area contributed by atoms with Crippen molar-refractivity contribution in [2.24, 2.45) is 0 Å². The molecule has 0 aromatic carbocycles. The molecule has 0 N–H and O–H groups in total. The van der Waals surface area contributed by atoms with Crippen LogP contribution in [0.25, 0.3) is 0 Å². The van der Waals surface area contributed by atoms with E-state index in [-0.39, 0.29) is 10.6 Å². The minimum atomic E-state index is -0.482. The fourth-order valence-electron chi connectivity index (χ4n) is 0.515. The molecule has 0 spiro atoms. The SMILES string of the molecule is N#Cc1ncc(F)cc1S. The lowest BCUT2D eigenvalue weighted by Gasteiger charge is -1.91. The number of thiol groups is 1. The Kier molecular flexibility index (Phi) is 1.88. The monoisotopic (exact) mass is 154 g/mol. The van der Waals surface area contributed by atoms with Crippen LogP contribution >= 0.6 is 12.6 Å². The molecular formula is C6H3FN2S. The highest BCUT2D eigenvalue weighted by Crippen LogP contribution is 2.10. The van der Waals surface area contributed by atoms with Crippen LogP contribution in [0, 0.1) is 17.1 Å². The summed E-state index contributed by atoms with van der Waals surface area (Å²) in [7, 11) is 0. The summed E-state index contributed by atoms with van der Waals surface area (Å²) in [5, 5.41) is 8.33. The van der Waals surface area contributed by atoms with E-state index in [9.17, 15) is 4.39 Å². The van der Waals surface area contributed by atoms with Crippen molar-refractivity contribution in [1.29, 1.82) is 5.26 Å². The number of aromatic nitrogens is 1. The van der Waals surface area contributed by atoms with E-state index < -0.39 is 5.82 Å². The molecule has 1 aromatic heterocycles. The quantitative estimate of drug-likeness (QED) is 0.573. The Hall–Kier alpha value is -1.08. The lowest BCUT2D eigenvalue weighted by Crippen LogP contribution is -1.85. The lowest BCUT2D eigenvalue weighted by atomic mass is 10.4. The van der Waals surface area contributed by atoms with Gasteiger partial charge in [-0.25, -0.2) is 9.37 Å². The predicted octanol–water partition coefficient (Wildman–Crippen LogP) is 1.38. The van der Waals surface area contributed by atoms with Crippen LogP contribution < -0.4 is 0 Å². The van der Waals surface area contributed by atoms with Crippen molar-refractivity contribution < 1.29 is 4.39 Å². The van der Waals surface area contributed by atoms with E-state index >= 15 is 0 Å². The van der Waals surface area contributed by atoms with Gasteiger partial charge in [0.2, 0.25) is 0 Å². The molecule has 1 rings (SSSR count). The summed E-state index contributed by atoms with van der Waals surface area (Å²) in [5.74, 6) is -0.482. The van der Waals surface area contributed by atoms with Crippen LogP contribution in [-0.2, 0) is 0 Å². The summed E-state index contributed by atoms with van der Waals surface area (Å²) in [4.78, 5) is 3.75. The molecule has 0 unspecified atom stereocenters. The zero-order chi connectivity index (χ0) is 7.56. The van der Waals surface area contributed by atoms with Gasteiger partial charge in [0.05, 0.1) is 6.20 Å². The molecule has 0 saturated heterocycles. The van der Waals surface area contributed by atoms with E-state index in [1.54, 1.807) is 6.07 Å². The first-order valence-electron chi connectivity index (χ1n) is 2.48. The number of halogens is 1. The molecule has 0 aliphatic rings. The van der Waals surface area contributed by atoms with Gasteiger partial charge in [-0.1, -0.05) is 0 Å². The third-order valence-corrected chi connectivity index (χ3v) is 1.28. The zero-order valence-electron chi connectivity index (χ0n) is 4.87. The van der Waals surface area contributed by atoms with Crippen LogP contribution in [0.2, 0.25) is 0 Å². The van der Waals surface area contributed by atoms with E-state index in [4.69, 9.17) is 5.26 Å². The normalized spacial score (nSPS) is 8.90. The molecule has 0 amide bonds. The molecule has 2 nitrogen and oxygen atoms in total. The summed E-state index contributed by atoms with van der Waals surface area (Å²) >= 11 is 3.82. The second kappa shape index (κ2) is 2.67. The van der Waals surface area contributed by atoms with Gasteiger partial charge in [-0.05, 0) is 6.07 Å². The summed E-state index contributed by atoms with van der Waals surface area (Å²) in [6, 6.07) is 2.92. The third kappa shape index (κ3) is 1.25. The maximum Gasteiger partial charge on any atom is 0.153 e. The number of hydrogen-bond acceptors (Lipinski definition) is 3. The Balaban J connectivity index is 3.23. The maximum absolute atomic E-state index is 12.3. The van der Waals surface area contributed by atoms with Crippen molar-refractivity contribution in [2.75, 3.05) is 0 Å². The summed E-state index contributed by atoms with van der Waals surface area (Å²) < 4.78 is 12.3. The Bertz CT molecular complexity index is 292. The zero-order valence-corrected chi connectivity index (χ0v) is 5.77. The summed E-state index contributed by atoms with van der Waals surface area (Å²) in [5.41, 5.74) is 0.143. The van der Waals surface area contributed by atoms with Gasteiger partial charge in [0, 0.05) is 4.90 Å². The van der Waals surface area contributed by atoms with E-state index in [0.29, 0.717) is 0 Å². The van der Waals surface area contributed by atoms with Crippen LogP contribution in [-0.4, -0.2) is 4.98 Å². The molecule has 0 bridgehead atoms. The molecule has 0 saturated carbocycles. The molecule has 0 radical (unpaired) electrons. The summed E-state index contributed by atoms with van der Waals surface area (Å²) in [6.07, 6.45) is 0.984. The third-order valence-electron chi connectivity index (χ3n) is 0.940. The second-order valence-electron chi connectivity index (χ2n) is 1.63. The number of nitrogens with zero attached hydrogens (tertiary/aromatic N) is 2. The largest absolute Gasteiger partial charge is 0.241 e. The molecular weight excluding hydrogens is 151 g/mol. The van der Waals surface area contributed by atoms with Gasteiger partial charge in [-0.3, -0.25) is 0 Å². The van der Waals surface area contributed by atoms with E-state index in [0.717, 1.165) is 12.3 Å². The molecule has 0 atom stereocenters. The fourth-order valence-corrected chi connectivity index (χ4v) is 0.746. The van der Waals surface area contributed by atoms with Gasteiger partial charge >= 0.3 is 0 Å². The average molecular weight is 154 g/mol. The van der Waals surface area contributed by atoms with E-state index in [1.165, 1.54) is 0 Å². The van der Waals surface area contributed by atoms with Gasteiger partial charge in [0.25, 0.3) is 0 Å².